The second-order valence-electron chi connectivity index (χ2n) is 4.42. The molecule has 12 heteroatoms. The predicted octanol–water partition coefficient (Wildman–Crippen LogP) is 3.73. The smallest absolute Gasteiger partial charge is 0.343 e. The minimum Gasteiger partial charge on any atom is -0.744 e. The van der Waals surface area contributed by atoms with Crippen molar-refractivity contribution in [2.45, 2.75) is 4.90 Å². The molecule has 0 aliphatic carbocycles. The molecule has 0 amide bonds. The summed E-state index contributed by atoms with van der Waals surface area (Å²) in [4.78, 5) is 9.59. The number of hydrogen-bond donors (Lipinski definition) is 0. The Balaban J connectivity index is 2.56. The van der Waals surface area contributed by atoms with E-state index in [0.29, 0.717) is 8.04 Å². The van der Waals surface area contributed by atoms with Crippen LogP contribution in [-0.2, 0) is 10.1 Å². The van der Waals surface area contributed by atoms with Gasteiger partial charge in [0.1, 0.15) is 15.0 Å². The fourth-order valence-corrected chi connectivity index (χ4v) is 3.93. The van der Waals surface area contributed by atoms with Crippen LogP contribution in [0.3, 0.4) is 0 Å². The van der Waals surface area contributed by atoms with Crippen LogP contribution in [0.5, 0.6) is 5.75 Å². The third-order valence-corrected chi connectivity index (χ3v) is 4.66. The molecule has 0 bridgehead atoms. The van der Waals surface area contributed by atoms with E-state index in [-0.39, 0.29) is 5.56 Å². The molecule has 0 N–H and O–H groups in total. The lowest BCUT2D eigenvalue weighted by Crippen LogP contribution is -2.16. The van der Waals surface area contributed by atoms with Crippen LogP contribution >= 0.6 is 38.5 Å². The highest BCUT2D eigenvalue weighted by Crippen LogP contribution is 2.33. The molecule has 25 heavy (non-hydrogen) atoms. The van der Waals surface area contributed by atoms with Crippen LogP contribution in [-0.4, -0.2) is 18.9 Å². The third kappa shape index (κ3) is 4.12. The Labute approximate surface area is 160 Å². The first-order valence-corrected chi connectivity index (χ1v) is 9.21. The Hall–Kier alpha value is -1.25. The molecule has 2 aromatic rings. The maximum atomic E-state index is 13.8. The third-order valence-electron chi connectivity index (χ3n) is 2.73. The van der Waals surface area contributed by atoms with Crippen LogP contribution in [0.2, 0.25) is 0 Å². The maximum Gasteiger partial charge on any atom is 0.343 e. The Bertz CT molecular complexity index is 947. The Morgan fingerprint density at radius 2 is 1.56 bits per heavy atom. The molecule has 2 aromatic carbocycles. The Kier molecular flexibility index (Phi) is 5.75. The van der Waals surface area contributed by atoms with Gasteiger partial charge in [-0.2, -0.15) is 8.78 Å². The topological polar surface area (TPSA) is 83.5 Å². The van der Waals surface area contributed by atoms with Crippen molar-refractivity contribution >= 4 is 54.6 Å². The van der Waals surface area contributed by atoms with Gasteiger partial charge in [0.15, 0.2) is 11.6 Å². The van der Waals surface area contributed by atoms with E-state index in [1.54, 1.807) is 6.07 Å². The number of esters is 1. The molecule has 0 aromatic heterocycles. The van der Waals surface area contributed by atoms with Crippen molar-refractivity contribution in [1.82, 2.24) is 0 Å². The van der Waals surface area contributed by atoms with Gasteiger partial charge in [0.2, 0.25) is 17.4 Å². The number of rotatable bonds is 3. The van der Waals surface area contributed by atoms with Gasteiger partial charge in [-0.15, -0.1) is 0 Å². The van der Waals surface area contributed by atoms with Gasteiger partial charge in [0.25, 0.3) is 0 Å². The summed E-state index contributed by atoms with van der Waals surface area (Å²) in [6, 6.07) is 4.06. The summed E-state index contributed by atoms with van der Waals surface area (Å²) >= 11 is 4.89. The van der Waals surface area contributed by atoms with Gasteiger partial charge in [-0.1, -0.05) is 15.9 Å². The molecule has 0 unspecified atom stereocenters. The lowest BCUT2D eigenvalue weighted by atomic mass is 10.2. The highest BCUT2D eigenvalue weighted by molar-refractivity contribution is 14.1. The van der Waals surface area contributed by atoms with Crippen LogP contribution in [0.1, 0.15) is 10.4 Å². The van der Waals surface area contributed by atoms with E-state index < -0.39 is 50.0 Å². The molecular weight excluding hydrogens is 551 g/mol. The van der Waals surface area contributed by atoms with Gasteiger partial charge >= 0.3 is 5.97 Å². The van der Waals surface area contributed by atoms with Crippen molar-refractivity contribution < 1.29 is 40.1 Å². The van der Waals surface area contributed by atoms with Crippen molar-refractivity contribution in [2.24, 2.45) is 0 Å². The maximum absolute atomic E-state index is 13.8. The van der Waals surface area contributed by atoms with Gasteiger partial charge in [-0.25, -0.2) is 22.0 Å². The molecule has 134 valence electrons. The van der Waals surface area contributed by atoms with Crippen LogP contribution in [0.15, 0.2) is 27.6 Å². The molecule has 0 radical (unpaired) electrons. The number of ether oxygens (including phenoxy) is 1. The van der Waals surface area contributed by atoms with Crippen molar-refractivity contribution in [2.75, 3.05) is 0 Å². The largest absolute Gasteiger partial charge is 0.744 e. The quantitative estimate of drug-likeness (QED) is 0.144. The Morgan fingerprint density at radius 3 is 2.00 bits per heavy atom. The fraction of sp³-hybridized carbons (Fsp3) is 0. The van der Waals surface area contributed by atoms with E-state index in [0.717, 1.165) is 0 Å². The van der Waals surface area contributed by atoms with E-state index in [2.05, 4.69) is 20.7 Å². The van der Waals surface area contributed by atoms with Crippen molar-refractivity contribution in [3.8, 4) is 5.75 Å². The molecule has 0 aliphatic heterocycles. The number of hydrogen-bond acceptors (Lipinski definition) is 5. The highest BCUT2D eigenvalue weighted by Gasteiger charge is 2.31. The van der Waals surface area contributed by atoms with Crippen molar-refractivity contribution in [3.63, 3.8) is 0 Å². The van der Waals surface area contributed by atoms with Crippen LogP contribution in [0.4, 0.5) is 17.6 Å². The van der Waals surface area contributed by atoms with Gasteiger partial charge in [0, 0.05) is 8.04 Å². The molecule has 0 atom stereocenters. The second kappa shape index (κ2) is 7.17. The average molecular weight is 554 g/mol. The van der Waals surface area contributed by atoms with Crippen LogP contribution in [0.25, 0.3) is 0 Å². The minimum atomic E-state index is -5.85. The zero-order valence-corrected chi connectivity index (χ0v) is 16.0. The summed E-state index contributed by atoms with van der Waals surface area (Å²) in [5, 5.41) is 0. The molecule has 0 saturated heterocycles. The van der Waals surface area contributed by atoms with E-state index in [4.69, 9.17) is 0 Å². The fourth-order valence-electron chi connectivity index (χ4n) is 1.72. The van der Waals surface area contributed by atoms with Crippen molar-refractivity contribution in [1.29, 1.82) is 0 Å². The lowest BCUT2D eigenvalue weighted by molar-refractivity contribution is 0.0716. The summed E-state index contributed by atoms with van der Waals surface area (Å²) in [6.45, 7) is 0. The standard InChI is InChI=1S/C13H4BrF4IO5S/c14-5-1-4(2-6(19)3-5)13(20)24-11-7(15)9(17)12(25(21,22)23)10(18)8(11)16/h1-3H,(H,21,22,23)/p-1. The van der Waals surface area contributed by atoms with E-state index in [9.17, 15) is 35.3 Å². The van der Waals surface area contributed by atoms with Gasteiger partial charge in [0.05, 0.1) is 5.56 Å². The van der Waals surface area contributed by atoms with E-state index >= 15 is 0 Å². The van der Waals surface area contributed by atoms with Crippen molar-refractivity contribution in [3.05, 3.63) is 55.1 Å². The molecular formula is C13H3BrF4IO5S-. The molecule has 0 heterocycles. The summed E-state index contributed by atoms with van der Waals surface area (Å²) in [6.07, 6.45) is 0. The molecule has 0 fully saturated rings. The molecule has 5 nitrogen and oxygen atoms in total. The number of carbonyl (C=O) groups excluding carboxylic acids is 1. The zero-order valence-electron chi connectivity index (χ0n) is 11.4. The second-order valence-corrected chi connectivity index (χ2v) is 7.89. The highest BCUT2D eigenvalue weighted by atomic mass is 127. The summed E-state index contributed by atoms with van der Waals surface area (Å²) < 4.78 is 92.3. The van der Waals surface area contributed by atoms with Gasteiger partial charge in [-0.05, 0) is 40.8 Å². The first-order chi connectivity index (χ1) is 11.4. The first-order valence-electron chi connectivity index (χ1n) is 5.93. The number of benzene rings is 2. The summed E-state index contributed by atoms with van der Waals surface area (Å²) in [5.74, 6) is -12.8. The monoisotopic (exact) mass is 553 g/mol. The summed E-state index contributed by atoms with van der Waals surface area (Å²) in [7, 11) is -5.85. The SMILES string of the molecule is O=C(Oc1c(F)c(F)c(S(=O)(=O)[O-])c(F)c1F)c1cc(Br)cc(I)c1. The van der Waals surface area contributed by atoms with Gasteiger partial charge < -0.3 is 9.29 Å². The van der Waals surface area contributed by atoms with E-state index in [1.807, 2.05) is 22.6 Å². The minimum absolute atomic E-state index is 0.209. The first kappa shape index (κ1) is 20.1. The zero-order chi connectivity index (χ0) is 19.1. The van der Waals surface area contributed by atoms with Crippen LogP contribution in [0, 0.1) is 26.8 Å². The Morgan fingerprint density at radius 1 is 1.04 bits per heavy atom. The summed E-state index contributed by atoms with van der Waals surface area (Å²) in [5.41, 5.74) is -0.209. The normalized spacial score (nSPS) is 11.5. The molecule has 0 spiro atoms. The lowest BCUT2D eigenvalue weighted by Gasteiger charge is -2.14. The average Bonchev–Trinajstić information content (AvgIpc) is 2.47. The predicted molar refractivity (Wildman–Crippen MR) is 86.1 cm³/mol. The van der Waals surface area contributed by atoms with E-state index in [1.165, 1.54) is 12.1 Å². The molecule has 0 aliphatic rings. The van der Waals surface area contributed by atoms with Crippen LogP contribution < -0.4 is 4.74 Å². The number of halogens is 6. The molecule has 0 saturated carbocycles. The van der Waals surface area contributed by atoms with Gasteiger partial charge in [-0.3, -0.25) is 0 Å². The number of carbonyl (C=O) groups is 1. The molecule has 2 rings (SSSR count).